The fraction of sp³-hybridized carbons (Fsp3) is 0.0357. The third kappa shape index (κ3) is 5.22. The van der Waals surface area contributed by atoms with Crippen molar-refractivity contribution in [1.29, 1.82) is 0 Å². The van der Waals surface area contributed by atoms with Gasteiger partial charge in [-0.25, -0.2) is 10.4 Å². The van der Waals surface area contributed by atoms with E-state index in [4.69, 9.17) is 16.3 Å². The van der Waals surface area contributed by atoms with E-state index in [1.807, 2.05) is 78.2 Å². The van der Waals surface area contributed by atoms with E-state index in [0.717, 1.165) is 38.4 Å². The standard InChI is InChI=1S/C28H21ClN4O2S/c1-35-26-15-10-18-4-2-3-5-23(18)24(26)16-30-33-27(34)20-8-6-19(7-9-20)25-17-36-28(32-25)31-22-13-11-21(29)12-14-22/h2-17H,1H3,(H,31,32)(H,33,34)/b30-16-. The fourth-order valence-electron chi connectivity index (χ4n) is 3.72. The summed E-state index contributed by atoms with van der Waals surface area (Å²) in [6, 6.07) is 26.5. The number of carbonyl (C=O) groups is 1. The van der Waals surface area contributed by atoms with Crippen molar-refractivity contribution in [3.8, 4) is 17.0 Å². The third-order valence-corrected chi connectivity index (χ3v) is 6.56. The summed E-state index contributed by atoms with van der Waals surface area (Å²) in [6.45, 7) is 0. The Morgan fingerprint density at radius 2 is 1.78 bits per heavy atom. The molecule has 0 aliphatic carbocycles. The highest BCUT2D eigenvalue weighted by Crippen LogP contribution is 2.28. The molecule has 1 aromatic heterocycles. The molecule has 1 amide bonds. The number of carbonyl (C=O) groups excluding carboxylic acids is 1. The molecule has 0 spiro atoms. The number of methoxy groups -OCH3 is 1. The Morgan fingerprint density at radius 1 is 1.00 bits per heavy atom. The molecule has 6 nitrogen and oxygen atoms in total. The summed E-state index contributed by atoms with van der Waals surface area (Å²) in [5, 5.41) is 12.9. The number of benzene rings is 4. The van der Waals surface area contributed by atoms with Crippen LogP contribution in [0.15, 0.2) is 95.4 Å². The molecular formula is C28H21ClN4O2S. The molecule has 5 aromatic rings. The second-order valence-corrected chi connectivity index (χ2v) is 9.14. The number of nitrogens with one attached hydrogen (secondary N) is 2. The van der Waals surface area contributed by atoms with Gasteiger partial charge in [-0.15, -0.1) is 11.3 Å². The zero-order chi connectivity index (χ0) is 24.9. The number of halogens is 1. The number of hydrazone groups is 1. The van der Waals surface area contributed by atoms with E-state index < -0.39 is 0 Å². The maximum atomic E-state index is 12.6. The number of amides is 1. The smallest absolute Gasteiger partial charge is 0.271 e. The summed E-state index contributed by atoms with van der Waals surface area (Å²) in [5.41, 5.74) is 6.55. The van der Waals surface area contributed by atoms with E-state index >= 15 is 0 Å². The van der Waals surface area contributed by atoms with Crippen molar-refractivity contribution in [2.24, 2.45) is 5.10 Å². The summed E-state index contributed by atoms with van der Waals surface area (Å²) in [6.07, 6.45) is 1.61. The van der Waals surface area contributed by atoms with Crippen molar-refractivity contribution in [3.05, 3.63) is 106 Å². The Kier molecular flexibility index (Phi) is 6.93. The minimum absolute atomic E-state index is 0.305. The Labute approximate surface area is 217 Å². The van der Waals surface area contributed by atoms with Crippen molar-refractivity contribution < 1.29 is 9.53 Å². The highest BCUT2D eigenvalue weighted by atomic mass is 35.5. The molecule has 0 aliphatic heterocycles. The van der Waals surface area contributed by atoms with Crippen molar-refractivity contribution in [3.63, 3.8) is 0 Å². The predicted molar refractivity (Wildman–Crippen MR) is 148 cm³/mol. The van der Waals surface area contributed by atoms with Gasteiger partial charge < -0.3 is 10.1 Å². The molecule has 8 heteroatoms. The number of anilines is 2. The van der Waals surface area contributed by atoms with E-state index in [1.165, 1.54) is 11.3 Å². The van der Waals surface area contributed by atoms with Crippen LogP contribution < -0.4 is 15.5 Å². The Hall–Kier alpha value is -4.20. The van der Waals surface area contributed by atoms with Gasteiger partial charge in [0, 0.05) is 32.8 Å². The van der Waals surface area contributed by atoms with Crippen LogP contribution in [0.4, 0.5) is 10.8 Å². The molecule has 0 bridgehead atoms. The lowest BCUT2D eigenvalue weighted by Crippen LogP contribution is -2.17. The van der Waals surface area contributed by atoms with E-state index in [-0.39, 0.29) is 5.91 Å². The monoisotopic (exact) mass is 512 g/mol. The third-order valence-electron chi connectivity index (χ3n) is 5.55. The lowest BCUT2D eigenvalue weighted by atomic mass is 10.0. The van der Waals surface area contributed by atoms with Crippen LogP contribution in [0.1, 0.15) is 15.9 Å². The molecule has 1 heterocycles. The number of ether oxygens (including phenoxy) is 1. The largest absolute Gasteiger partial charge is 0.496 e. The lowest BCUT2D eigenvalue weighted by Gasteiger charge is -2.08. The molecule has 2 N–H and O–H groups in total. The molecule has 0 saturated heterocycles. The summed E-state index contributed by atoms with van der Waals surface area (Å²) < 4.78 is 5.47. The van der Waals surface area contributed by atoms with Gasteiger partial charge in [0.15, 0.2) is 5.13 Å². The molecule has 0 atom stereocenters. The first-order valence-electron chi connectivity index (χ1n) is 11.1. The van der Waals surface area contributed by atoms with Gasteiger partial charge in [0.2, 0.25) is 0 Å². The molecule has 36 heavy (non-hydrogen) atoms. The molecule has 0 aliphatic rings. The Balaban J connectivity index is 1.26. The highest BCUT2D eigenvalue weighted by molar-refractivity contribution is 7.14. The molecule has 178 valence electrons. The first-order valence-corrected chi connectivity index (χ1v) is 12.3. The summed E-state index contributed by atoms with van der Waals surface area (Å²) >= 11 is 7.44. The molecule has 5 rings (SSSR count). The quantitative estimate of drug-likeness (QED) is 0.179. The van der Waals surface area contributed by atoms with Gasteiger partial charge in [0.25, 0.3) is 5.91 Å². The minimum atomic E-state index is -0.305. The maximum absolute atomic E-state index is 12.6. The highest BCUT2D eigenvalue weighted by Gasteiger charge is 2.09. The van der Waals surface area contributed by atoms with Gasteiger partial charge >= 0.3 is 0 Å². The van der Waals surface area contributed by atoms with Crippen LogP contribution >= 0.6 is 22.9 Å². The van der Waals surface area contributed by atoms with E-state index in [1.54, 1.807) is 25.5 Å². The number of fused-ring (bicyclic) bond motifs is 1. The number of hydrogen-bond donors (Lipinski definition) is 2. The Morgan fingerprint density at radius 3 is 2.56 bits per heavy atom. The van der Waals surface area contributed by atoms with Crippen LogP contribution in [0.5, 0.6) is 5.75 Å². The SMILES string of the molecule is COc1ccc2ccccc2c1/C=N\NC(=O)c1ccc(-c2csc(Nc3ccc(Cl)cc3)n2)cc1. The van der Waals surface area contributed by atoms with Crippen LogP contribution in [0.2, 0.25) is 5.02 Å². The summed E-state index contributed by atoms with van der Waals surface area (Å²) in [4.78, 5) is 17.3. The zero-order valence-electron chi connectivity index (χ0n) is 19.2. The second-order valence-electron chi connectivity index (χ2n) is 7.85. The minimum Gasteiger partial charge on any atom is -0.496 e. The fourth-order valence-corrected chi connectivity index (χ4v) is 4.59. The van der Waals surface area contributed by atoms with Gasteiger partial charge in [-0.2, -0.15) is 5.10 Å². The lowest BCUT2D eigenvalue weighted by molar-refractivity contribution is 0.0955. The average Bonchev–Trinajstić information content (AvgIpc) is 3.38. The van der Waals surface area contributed by atoms with Gasteiger partial charge in [-0.1, -0.05) is 54.1 Å². The van der Waals surface area contributed by atoms with Crippen LogP contribution in [0.3, 0.4) is 0 Å². The van der Waals surface area contributed by atoms with Gasteiger partial charge in [0.1, 0.15) is 5.75 Å². The number of rotatable bonds is 7. The molecule has 0 saturated carbocycles. The van der Waals surface area contributed by atoms with Crippen LogP contribution in [0.25, 0.3) is 22.0 Å². The summed E-state index contributed by atoms with van der Waals surface area (Å²) in [5.74, 6) is 0.379. The van der Waals surface area contributed by atoms with E-state index in [9.17, 15) is 4.79 Å². The average molecular weight is 513 g/mol. The number of hydrogen-bond acceptors (Lipinski definition) is 6. The van der Waals surface area contributed by atoms with Crippen molar-refractivity contribution in [2.45, 2.75) is 0 Å². The second kappa shape index (κ2) is 10.6. The Bertz CT molecular complexity index is 1550. The molecular weight excluding hydrogens is 492 g/mol. The van der Waals surface area contributed by atoms with E-state index in [0.29, 0.717) is 16.3 Å². The normalized spacial score (nSPS) is 11.1. The number of thiazole rings is 1. The molecule has 0 fully saturated rings. The molecule has 4 aromatic carbocycles. The van der Waals surface area contributed by atoms with Gasteiger partial charge in [-0.3, -0.25) is 4.79 Å². The first-order chi connectivity index (χ1) is 17.6. The van der Waals surface area contributed by atoms with Crippen molar-refractivity contribution in [1.82, 2.24) is 10.4 Å². The first kappa shape index (κ1) is 23.5. The van der Waals surface area contributed by atoms with Gasteiger partial charge in [0.05, 0.1) is 19.0 Å². The maximum Gasteiger partial charge on any atom is 0.271 e. The van der Waals surface area contributed by atoms with Gasteiger partial charge in [-0.05, 0) is 53.2 Å². The number of aromatic nitrogens is 1. The van der Waals surface area contributed by atoms with Crippen LogP contribution in [-0.4, -0.2) is 24.2 Å². The zero-order valence-corrected chi connectivity index (χ0v) is 20.8. The summed E-state index contributed by atoms with van der Waals surface area (Å²) in [7, 11) is 1.61. The van der Waals surface area contributed by atoms with Crippen molar-refractivity contribution in [2.75, 3.05) is 12.4 Å². The molecule has 0 radical (unpaired) electrons. The van der Waals surface area contributed by atoms with E-state index in [2.05, 4.69) is 20.8 Å². The molecule has 0 unspecified atom stereocenters. The predicted octanol–water partition coefficient (Wildman–Crippen LogP) is 7.13. The van der Waals surface area contributed by atoms with Crippen molar-refractivity contribution >= 4 is 56.7 Å². The number of nitrogens with zero attached hydrogens (tertiary/aromatic N) is 2. The van der Waals surface area contributed by atoms with Crippen LogP contribution in [-0.2, 0) is 0 Å². The van der Waals surface area contributed by atoms with Crippen LogP contribution in [0, 0.1) is 0 Å². The topological polar surface area (TPSA) is 75.6 Å².